The number of methoxy groups -OCH3 is 1. The number of carbonyl (C=O) groups is 1. The number of aliphatic hydroxyl groups is 1. The van der Waals surface area contributed by atoms with Crippen LogP contribution >= 0.6 is 0 Å². The van der Waals surface area contributed by atoms with E-state index in [0.717, 1.165) is 16.8 Å². The standard InChI is InChI=1S/C18H22N2O3/c1-12-7-8-16(13(2)9-12)20-18(22)19-11-17(21)14-5-4-6-15(10-14)23-3/h4-10,17,21H,11H2,1-3H3,(H2,19,20,22). The van der Waals surface area contributed by atoms with Gasteiger partial charge in [-0.15, -0.1) is 0 Å². The monoisotopic (exact) mass is 314 g/mol. The molecule has 0 bridgehead atoms. The van der Waals surface area contributed by atoms with E-state index < -0.39 is 6.10 Å². The number of carbonyl (C=O) groups excluding carboxylic acids is 1. The number of amides is 2. The third-order valence-electron chi connectivity index (χ3n) is 3.56. The summed E-state index contributed by atoms with van der Waals surface area (Å²) in [6.07, 6.45) is -0.796. The molecule has 2 rings (SSSR count). The van der Waals surface area contributed by atoms with Gasteiger partial charge in [0.25, 0.3) is 0 Å². The van der Waals surface area contributed by atoms with Gasteiger partial charge in [0.05, 0.1) is 13.2 Å². The molecule has 0 aliphatic rings. The molecule has 5 nitrogen and oxygen atoms in total. The highest BCUT2D eigenvalue weighted by Gasteiger charge is 2.11. The highest BCUT2D eigenvalue weighted by Crippen LogP contribution is 2.19. The molecule has 0 fully saturated rings. The fraction of sp³-hybridized carbons (Fsp3) is 0.278. The molecule has 2 amide bonds. The van der Waals surface area contributed by atoms with E-state index in [1.165, 1.54) is 0 Å². The molecule has 0 spiro atoms. The molecule has 0 radical (unpaired) electrons. The summed E-state index contributed by atoms with van der Waals surface area (Å²) < 4.78 is 5.12. The quantitative estimate of drug-likeness (QED) is 0.794. The molecule has 0 aliphatic carbocycles. The van der Waals surface area contributed by atoms with Crippen molar-refractivity contribution in [3.8, 4) is 5.75 Å². The van der Waals surface area contributed by atoms with Crippen molar-refractivity contribution < 1.29 is 14.6 Å². The molecule has 0 saturated heterocycles. The number of urea groups is 1. The molecular weight excluding hydrogens is 292 g/mol. The Morgan fingerprint density at radius 1 is 1.22 bits per heavy atom. The van der Waals surface area contributed by atoms with Crippen molar-refractivity contribution in [1.82, 2.24) is 5.32 Å². The zero-order valence-corrected chi connectivity index (χ0v) is 13.6. The highest BCUT2D eigenvalue weighted by atomic mass is 16.5. The number of aliphatic hydroxyl groups excluding tert-OH is 1. The van der Waals surface area contributed by atoms with Crippen molar-refractivity contribution in [2.75, 3.05) is 19.0 Å². The van der Waals surface area contributed by atoms with Crippen LogP contribution in [0.3, 0.4) is 0 Å². The van der Waals surface area contributed by atoms with Crippen molar-refractivity contribution in [2.45, 2.75) is 20.0 Å². The first kappa shape index (κ1) is 16.8. The summed E-state index contributed by atoms with van der Waals surface area (Å²) in [5, 5.41) is 15.6. The number of hydrogen-bond acceptors (Lipinski definition) is 3. The van der Waals surface area contributed by atoms with Gasteiger partial charge in [0.15, 0.2) is 0 Å². The summed E-state index contributed by atoms with van der Waals surface area (Å²) in [5.74, 6) is 0.668. The van der Waals surface area contributed by atoms with Gasteiger partial charge in [-0.3, -0.25) is 0 Å². The van der Waals surface area contributed by atoms with Gasteiger partial charge in [-0.05, 0) is 43.2 Å². The largest absolute Gasteiger partial charge is 0.497 e. The van der Waals surface area contributed by atoms with Crippen LogP contribution < -0.4 is 15.4 Å². The topological polar surface area (TPSA) is 70.6 Å². The summed E-state index contributed by atoms with van der Waals surface area (Å²) in [5.41, 5.74) is 3.58. The summed E-state index contributed by atoms with van der Waals surface area (Å²) in [6.45, 7) is 4.05. The molecule has 23 heavy (non-hydrogen) atoms. The molecule has 0 heterocycles. The number of rotatable bonds is 5. The lowest BCUT2D eigenvalue weighted by Crippen LogP contribution is -2.32. The maximum atomic E-state index is 12.0. The summed E-state index contributed by atoms with van der Waals surface area (Å²) in [4.78, 5) is 12.0. The normalized spacial score (nSPS) is 11.7. The number of nitrogens with one attached hydrogen (secondary N) is 2. The molecular formula is C18H22N2O3. The number of hydrogen-bond donors (Lipinski definition) is 3. The highest BCUT2D eigenvalue weighted by molar-refractivity contribution is 5.90. The second-order valence-electron chi connectivity index (χ2n) is 5.45. The minimum absolute atomic E-state index is 0.115. The smallest absolute Gasteiger partial charge is 0.319 e. The molecule has 0 aliphatic heterocycles. The van der Waals surface area contributed by atoms with Crippen LogP contribution in [-0.2, 0) is 0 Å². The van der Waals surface area contributed by atoms with Crippen molar-refractivity contribution in [1.29, 1.82) is 0 Å². The first-order chi connectivity index (χ1) is 11.0. The second-order valence-corrected chi connectivity index (χ2v) is 5.45. The number of anilines is 1. The first-order valence-corrected chi connectivity index (χ1v) is 7.43. The van der Waals surface area contributed by atoms with Gasteiger partial charge in [-0.25, -0.2) is 4.79 Å². The Morgan fingerprint density at radius 3 is 2.70 bits per heavy atom. The average Bonchev–Trinajstić information content (AvgIpc) is 2.55. The summed E-state index contributed by atoms with van der Waals surface area (Å²) in [7, 11) is 1.57. The number of aryl methyl sites for hydroxylation is 2. The predicted octanol–water partition coefficient (Wildman–Crippen LogP) is 3.17. The van der Waals surface area contributed by atoms with E-state index in [4.69, 9.17) is 4.74 Å². The van der Waals surface area contributed by atoms with Gasteiger partial charge >= 0.3 is 6.03 Å². The maximum Gasteiger partial charge on any atom is 0.319 e. The lowest BCUT2D eigenvalue weighted by atomic mass is 10.1. The van der Waals surface area contributed by atoms with Crippen LogP contribution in [0, 0.1) is 13.8 Å². The summed E-state index contributed by atoms with van der Waals surface area (Å²) >= 11 is 0. The zero-order chi connectivity index (χ0) is 16.8. The van der Waals surface area contributed by atoms with Gasteiger partial charge in [-0.1, -0.05) is 29.8 Å². The van der Waals surface area contributed by atoms with E-state index >= 15 is 0 Å². The number of ether oxygens (including phenoxy) is 1. The van der Waals surface area contributed by atoms with Crippen LogP contribution in [0.5, 0.6) is 5.75 Å². The van der Waals surface area contributed by atoms with E-state index in [2.05, 4.69) is 10.6 Å². The number of benzene rings is 2. The molecule has 122 valence electrons. The van der Waals surface area contributed by atoms with Gasteiger partial charge in [0, 0.05) is 12.2 Å². The molecule has 2 aromatic rings. The van der Waals surface area contributed by atoms with Gasteiger partial charge < -0.3 is 20.5 Å². The Labute approximate surface area is 136 Å². The minimum Gasteiger partial charge on any atom is -0.497 e. The van der Waals surface area contributed by atoms with E-state index in [1.807, 2.05) is 32.0 Å². The van der Waals surface area contributed by atoms with Crippen molar-refractivity contribution >= 4 is 11.7 Å². The zero-order valence-electron chi connectivity index (χ0n) is 13.6. The van der Waals surface area contributed by atoms with Crippen molar-refractivity contribution in [3.63, 3.8) is 0 Å². The predicted molar refractivity (Wildman–Crippen MR) is 90.9 cm³/mol. The first-order valence-electron chi connectivity index (χ1n) is 7.43. The Hall–Kier alpha value is -2.53. The third-order valence-corrected chi connectivity index (χ3v) is 3.56. The lowest BCUT2D eigenvalue weighted by Gasteiger charge is -2.14. The maximum absolute atomic E-state index is 12.0. The minimum atomic E-state index is -0.796. The Kier molecular flexibility index (Phi) is 5.60. The van der Waals surface area contributed by atoms with Crippen molar-refractivity contribution in [2.24, 2.45) is 0 Å². The van der Waals surface area contributed by atoms with E-state index in [0.29, 0.717) is 11.3 Å². The lowest BCUT2D eigenvalue weighted by molar-refractivity contribution is 0.175. The van der Waals surface area contributed by atoms with E-state index in [-0.39, 0.29) is 12.6 Å². The molecule has 0 saturated carbocycles. The SMILES string of the molecule is COc1cccc(C(O)CNC(=O)Nc2ccc(C)cc2C)c1. The Bertz CT molecular complexity index is 686. The average molecular weight is 314 g/mol. The van der Waals surface area contributed by atoms with E-state index in [9.17, 15) is 9.90 Å². The molecule has 3 N–H and O–H groups in total. The summed E-state index contributed by atoms with van der Waals surface area (Å²) in [6, 6.07) is 12.6. The molecule has 1 unspecified atom stereocenters. The van der Waals surface area contributed by atoms with Gasteiger partial charge in [0.2, 0.25) is 0 Å². The molecule has 2 aromatic carbocycles. The third kappa shape index (κ3) is 4.72. The van der Waals surface area contributed by atoms with Gasteiger partial charge in [-0.2, -0.15) is 0 Å². The van der Waals surface area contributed by atoms with Gasteiger partial charge in [0.1, 0.15) is 5.75 Å². The molecule has 0 aromatic heterocycles. The van der Waals surface area contributed by atoms with Crippen molar-refractivity contribution in [3.05, 3.63) is 59.2 Å². The fourth-order valence-corrected chi connectivity index (χ4v) is 2.28. The van der Waals surface area contributed by atoms with Crippen LogP contribution in [-0.4, -0.2) is 24.8 Å². The van der Waals surface area contributed by atoms with Crippen LogP contribution in [0.2, 0.25) is 0 Å². The van der Waals surface area contributed by atoms with Crippen LogP contribution in [0.4, 0.5) is 10.5 Å². The van der Waals surface area contributed by atoms with Crippen LogP contribution in [0.15, 0.2) is 42.5 Å². The molecule has 1 atom stereocenters. The van der Waals surface area contributed by atoms with Crippen LogP contribution in [0.1, 0.15) is 22.8 Å². The Balaban J connectivity index is 1.90. The van der Waals surface area contributed by atoms with Crippen LogP contribution in [0.25, 0.3) is 0 Å². The Morgan fingerprint density at radius 2 is 2.00 bits per heavy atom. The van der Waals surface area contributed by atoms with E-state index in [1.54, 1.807) is 31.4 Å². The fourth-order valence-electron chi connectivity index (χ4n) is 2.28. The molecule has 5 heteroatoms. The second kappa shape index (κ2) is 7.65.